The van der Waals surface area contributed by atoms with E-state index in [0.717, 1.165) is 6.07 Å². The first kappa shape index (κ1) is 16.6. The molecule has 0 saturated heterocycles. The molecule has 8 heteroatoms. The molecule has 2 aromatic rings. The van der Waals surface area contributed by atoms with E-state index in [-0.39, 0.29) is 23.5 Å². The van der Waals surface area contributed by atoms with Gasteiger partial charge >= 0.3 is 5.69 Å². The maximum absolute atomic E-state index is 13.8. The van der Waals surface area contributed by atoms with Crippen LogP contribution in [0.5, 0.6) is 5.75 Å². The number of rotatable bonds is 6. The zero-order valence-corrected chi connectivity index (χ0v) is 12.1. The maximum Gasteiger partial charge on any atom is 0.327 e. The molecule has 0 unspecified atom stereocenters. The van der Waals surface area contributed by atoms with Crippen LogP contribution in [-0.4, -0.2) is 12.0 Å². The second-order valence-electron chi connectivity index (χ2n) is 4.66. The summed E-state index contributed by atoms with van der Waals surface area (Å²) >= 11 is 0. The van der Waals surface area contributed by atoms with Crippen molar-refractivity contribution in [2.75, 3.05) is 12.4 Å². The maximum atomic E-state index is 13.8. The first-order valence-electron chi connectivity index (χ1n) is 6.55. The molecule has 0 amide bonds. The van der Waals surface area contributed by atoms with Crippen molar-refractivity contribution >= 4 is 11.4 Å². The third-order valence-corrected chi connectivity index (χ3v) is 3.17. The third kappa shape index (κ3) is 3.91. The first-order valence-corrected chi connectivity index (χ1v) is 6.55. The van der Waals surface area contributed by atoms with Gasteiger partial charge in [-0.3, -0.25) is 10.1 Å². The highest BCUT2D eigenvalue weighted by Crippen LogP contribution is 2.32. The van der Waals surface area contributed by atoms with E-state index < -0.39 is 22.9 Å². The number of anilines is 1. The highest BCUT2D eigenvalue weighted by Gasteiger charge is 2.22. The number of ether oxygens (including phenoxy) is 1. The Balaban J connectivity index is 2.22. The van der Waals surface area contributed by atoms with Crippen molar-refractivity contribution in [3.8, 4) is 5.75 Å². The van der Waals surface area contributed by atoms with Crippen LogP contribution in [-0.2, 0) is 6.54 Å². The first-order chi connectivity index (χ1) is 10.9. The van der Waals surface area contributed by atoms with Gasteiger partial charge in [0.25, 0.3) is 6.43 Å². The summed E-state index contributed by atoms with van der Waals surface area (Å²) in [6, 6.07) is 7.69. The second-order valence-corrected chi connectivity index (χ2v) is 4.66. The van der Waals surface area contributed by atoms with Crippen LogP contribution in [0.15, 0.2) is 36.4 Å². The molecular formula is C15H13F3N2O3. The van der Waals surface area contributed by atoms with Crippen LogP contribution in [0.25, 0.3) is 0 Å². The normalized spacial score (nSPS) is 10.7. The number of benzene rings is 2. The number of nitro benzene ring substituents is 1. The summed E-state index contributed by atoms with van der Waals surface area (Å²) < 4.78 is 43.6. The predicted molar refractivity (Wildman–Crippen MR) is 78.3 cm³/mol. The van der Waals surface area contributed by atoms with Gasteiger partial charge in [0.2, 0.25) is 5.82 Å². The van der Waals surface area contributed by atoms with Gasteiger partial charge in [0.1, 0.15) is 11.4 Å². The molecule has 1 N–H and O–H groups in total. The van der Waals surface area contributed by atoms with E-state index >= 15 is 0 Å². The van der Waals surface area contributed by atoms with Crippen molar-refractivity contribution in [2.24, 2.45) is 0 Å². The molecule has 2 aromatic carbocycles. The largest absolute Gasteiger partial charge is 0.497 e. The molecule has 23 heavy (non-hydrogen) atoms. The summed E-state index contributed by atoms with van der Waals surface area (Å²) in [5.74, 6) is -0.895. The molecule has 0 heterocycles. The van der Waals surface area contributed by atoms with Crippen molar-refractivity contribution in [2.45, 2.75) is 13.0 Å². The van der Waals surface area contributed by atoms with Crippen molar-refractivity contribution in [1.29, 1.82) is 0 Å². The number of hydrogen-bond acceptors (Lipinski definition) is 4. The number of nitrogens with zero attached hydrogens (tertiary/aromatic N) is 1. The van der Waals surface area contributed by atoms with Gasteiger partial charge in [-0.2, -0.15) is 4.39 Å². The van der Waals surface area contributed by atoms with Gasteiger partial charge in [-0.1, -0.05) is 24.3 Å². The molecule has 0 bridgehead atoms. The molecule has 0 aliphatic heterocycles. The van der Waals surface area contributed by atoms with Gasteiger partial charge in [-0.25, -0.2) is 8.78 Å². The van der Waals surface area contributed by atoms with Crippen LogP contribution < -0.4 is 10.1 Å². The van der Waals surface area contributed by atoms with Gasteiger partial charge in [0.15, 0.2) is 0 Å². The molecule has 0 aliphatic rings. The van der Waals surface area contributed by atoms with Gasteiger partial charge < -0.3 is 10.1 Å². The molecule has 122 valence electrons. The van der Waals surface area contributed by atoms with Crippen LogP contribution in [0.3, 0.4) is 0 Å². The molecule has 0 fully saturated rings. The van der Waals surface area contributed by atoms with Crippen LogP contribution in [0, 0.1) is 15.9 Å². The Labute approximate surface area is 129 Å². The molecule has 0 aliphatic carbocycles. The van der Waals surface area contributed by atoms with E-state index in [1.807, 2.05) is 0 Å². The van der Waals surface area contributed by atoms with Gasteiger partial charge in [0, 0.05) is 24.2 Å². The highest BCUT2D eigenvalue weighted by molar-refractivity contribution is 5.65. The molecule has 2 rings (SSSR count). The molecule has 5 nitrogen and oxygen atoms in total. The number of methoxy groups -OCH3 is 1. The minimum atomic E-state index is -2.56. The summed E-state index contributed by atoms with van der Waals surface area (Å²) in [7, 11) is 1.31. The van der Waals surface area contributed by atoms with Crippen LogP contribution >= 0.6 is 0 Å². The Hall–Kier alpha value is -2.77. The molecule has 0 saturated carbocycles. The second kappa shape index (κ2) is 6.99. The Morgan fingerprint density at radius 2 is 1.91 bits per heavy atom. The Morgan fingerprint density at radius 3 is 2.43 bits per heavy atom. The lowest BCUT2D eigenvalue weighted by Gasteiger charge is -2.10. The van der Waals surface area contributed by atoms with E-state index in [0.29, 0.717) is 5.56 Å². The smallest absolute Gasteiger partial charge is 0.327 e. The standard InChI is InChI=1S/C15H13F3N2O3/c1-23-11-6-12(16)14(20(21)22)13(7-11)19-8-9-2-4-10(5-3-9)15(17)18/h2-7,15,19H,8H2,1H3. The third-order valence-electron chi connectivity index (χ3n) is 3.17. The Kier molecular flexibility index (Phi) is 5.05. The van der Waals surface area contributed by atoms with Crippen molar-refractivity contribution in [3.63, 3.8) is 0 Å². The molecular weight excluding hydrogens is 313 g/mol. The average Bonchev–Trinajstić information content (AvgIpc) is 2.52. The summed E-state index contributed by atoms with van der Waals surface area (Å²) in [4.78, 5) is 10.1. The minimum Gasteiger partial charge on any atom is -0.497 e. The molecule has 0 atom stereocenters. The average molecular weight is 326 g/mol. The van der Waals surface area contributed by atoms with Gasteiger partial charge in [-0.15, -0.1) is 0 Å². The number of alkyl halides is 2. The van der Waals surface area contributed by atoms with Crippen LogP contribution in [0.4, 0.5) is 24.5 Å². The summed E-state index contributed by atoms with van der Waals surface area (Å²) in [5.41, 5.74) is -0.251. The summed E-state index contributed by atoms with van der Waals surface area (Å²) in [6.07, 6.45) is -2.56. The lowest BCUT2D eigenvalue weighted by atomic mass is 10.1. The predicted octanol–water partition coefficient (Wildman–Crippen LogP) is 4.29. The number of nitro groups is 1. The van der Waals surface area contributed by atoms with Crippen LogP contribution in [0.2, 0.25) is 0 Å². The zero-order chi connectivity index (χ0) is 17.0. The van der Waals surface area contributed by atoms with E-state index in [2.05, 4.69) is 5.32 Å². The molecule has 0 aromatic heterocycles. The monoisotopic (exact) mass is 326 g/mol. The Bertz CT molecular complexity index is 706. The fourth-order valence-corrected chi connectivity index (χ4v) is 1.99. The topological polar surface area (TPSA) is 64.4 Å². The lowest BCUT2D eigenvalue weighted by molar-refractivity contribution is -0.386. The Morgan fingerprint density at radius 1 is 1.26 bits per heavy atom. The van der Waals surface area contributed by atoms with Crippen molar-refractivity contribution in [1.82, 2.24) is 0 Å². The lowest BCUT2D eigenvalue weighted by Crippen LogP contribution is -2.05. The zero-order valence-electron chi connectivity index (χ0n) is 12.1. The van der Waals surface area contributed by atoms with Crippen molar-refractivity contribution in [3.05, 3.63) is 63.5 Å². The number of halogens is 3. The minimum absolute atomic E-state index is 0.0511. The van der Waals surface area contributed by atoms with Crippen LogP contribution in [0.1, 0.15) is 17.6 Å². The van der Waals surface area contributed by atoms with Gasteiger partial charge in [0.05, 0.1) is 12.0 Å². The van der Waals surface area contributed by atoms with Crippen molar-refractivity contribution < 1.29 is 22.8 Å². The number of hydrogen-bond donors (Lipinski definition) is 1. The van der Waals surface area contributed by atoms with E-state index in [1.54, 1.807) is 0 Å². The SMILES string of the molecule is COc1cc(F)c([N+](=O)[O-])c(NCc2ccc(C(F)F)cc2)c1. The van der Waals surface area contributed by atoms with E-state index in [9.17, 15) is 23.3 Å². The number of nitrogens with one attached hydrogen (secondary N) is 1. The van der Waals surface area contributed by atoms with E-state index in [1.165, 1.54) is 37.4 Å². The quantitative estimate of drug-likeness (QED) is 0.635. The fraction of sp³-hybridized carbons (Fsp3) is 0.200. The summed E-state index contributed by atoms with van der Waals surface area (Å²) in [5, 5.41) is 13.7. The molecule has 0 radical (unpaired) electrons. The summed E-state index contributed by atoms with van der Waals surface area (Å²) in [6.45, 7) is 0.108. The molecule has 0 spiro atoms. The fourth-order valence-electron chi connectivity index (χ4n) is 1.99. The van der Waals surface area contributed by atoms with Gasteiger partial charge in [-0.05, 0) is 5.56 Å². The van der Waals surface area contributed by atoms with E-state index in [4.69, 9.17) is 4.74 Å². The highest BCUT2D eigenvalue weighted by atomic mass is 19.3.